The van der Waals surface area contributed by atoms with Crippen LogP contribution in [0, 0.1) is 0 Å². The number of fused-ring (bicyclic) bond motifs is 1. The van der Waals surface area contributed by atoms with E-state index in [4.69, 9.17) is 4.74 Å². The minimum absolute atomic E-state index is 0.204. The number of ether oxygens (including phenoxy) is 1. The van der Waals surface area contributed by atoms with E-state index in [1.165, 1.54) is 18.5 Å². The highest BCUT2D eigenvalue weighted by Crippen LogP contribution is 2.38. The molecule has 3 rings (SSSR count). The first-order valence-electron chi connectivity index (χ1n) is 8.60. The molecule has 11 heteroatoms. The second-order valence-corrected chi connectivity index (χ2v) is 7.95. The molecule has 0 saturated heterocycles. The molecular weight excluding hydrogens is 409 g/mol. The fraction of sp³-hybridized carbons (Fsp3) is 0.278. The van der Waals surface area contributed by atoms with Crippen LogP contribution in [0.4, 0.5) is 19.0 Å². The van der Waals surface area contributed by atoms with Gasteiger partial charge in [-0.3, -0.25) is 9.71 Å². The number of anilines is 1. The summed E-state index contributed by atoms with van der Waals surface area (Å²) in [5.74, 6) is -1.20. The molecule has 0 bridgehead atoms. The van der Waals surface area contributed by atoms with Crippen LogP contribution in [0.2, 0.25) is 0 Å². The minimum Gasteiger partial charge on any atom is -0.457 e. The van der Waals surface area contributed by atoms with Gasteiger partial charge in [-0.15, -0.1) is 0 Å². The largest absolute Gasteiger partial charge is 0.457 e. The van der Waals surface area contributed by atoms with Crippen LogP contribution < -0.4 is 9.46 Å². The van der Waals surface area contributed by atoms with Crippen LogP contribution in [0.25, 0.3) is 11.0 Å². The third-order valence-corrected chi connectivity index (χ3v) is 5.25. The summed E-state index contributed by atoms with van der Waals surface area (Å²) in [4.78, 5) is 11.9. The summed E-state index contributed by atoms with van der Waals surface area (Å²) in [6.45, 7) is 1.66. The highest BCUT2D eigenvalue weighted by atomic mass is 32.2. The fourth-order valence-corrected chi connectivity index (χ4v) is 3.64. The standard InChI is InChI=1S/C18H17F3N4O3S/c1-2-11-29(26,27)25-16-17(24-14-6-4-3-5-13(14)23-16)28-15(18(19,20)21)12-7-9-22-10-8-12/h3-10,15H,2,11H2,1H3,(H,23,25). The lowest BCUT2D eigenvalue weighted by Crippen LogP contribution is -2.27. The van der Waals surface area contributed by atoms with Gasteiger partial charge in [0.25, 0.3) is 5.88 Å². The number of hydrogen-bond acceptors (Lipinski definition) is 6. The van der Waals surface area contributed by atoms with E-state index in [0.29, 0.717) is 11.9 Å². The van der Waals surface area contributed by atoms with Crippen molar-refractivity contribution in [3.8, 4) is 5.88 Å². The summed E-state index contributed by atoms with van der Waals surface area (Å²) in [7, 11) is -3.84. The maximum absolute atomic E-state index is 13.7. The maximum atomic E-state index is 13.7. The normalized spacial score (nSPS) is 13.2. The Morgan fingerprint density at radius 2 is 1.69 bits per heavy atom. The van der Waals surface area contributed by atoms with Crippen molar-refractivity contribution in [3.63, 3.8) is 0 Å². The highest BCUT2D eigenvalue weighted by molar-refractivity contribution is 7.92. The van der Waals surface area contributed by atoms with Gasteiger partial charge in [0.1, 0.15) is 0 Å². The number of hydrogen-bond donors (Lipinski definition) is 1. The number of nitrogens with zero attached hydrogens (tertiary/aromatic N) is 3. The molecule has 0 spiro atoms. The number of alkyl halides is 3. The molecule has 154 valence electrons. The van der Waals surface area contributed by atoms with Crippen LogP contribution >= 0.6 is 0 Å². The van der Waals surface area contributed by atoms with Crippen molar-refractivity contribution in [1.29, 1.82) is 0 Å². The molecule has 0 aliphatic carbocycles. The summed E-state index contributed by atoms with van der Waals surface area (Å²) >= 11 is 0. The van der Waals surface area contributed by atoms with Crippen LogP contribution in [-0.4, -0.2) is 35.3 Å². The second-order valence-electron chi connectivity index (χ2n) is 6.11. The van der Waals surface area contributed by atoms with Crippen LogP contribution in [-0.2, 0) is 10.0 Å². The average Bonchev–Trinajstić information content (AvgIpc) is 2.65. The predicted octanol–water partition coefficient (Wildman–Crippen LogP) is 3.86. The molecule has 1 aromatic carbocycles. The Bertz CT molecular complexity index is 1090. The van der Waals surface area contributed by atoms with Crippen LogP contribution in [0.1, 0.15) is 25.0 Å². The van der Waals surface area contributed by atoms with E-state index in [0.717, 1.165) is 12.1 Å². The second kappa shape index (κ2) is 8.19. The minimum atomic E-state index is -4.78. The van der Waals surface area contributed by atoms with E-state index in [2.05, 4.69) is 19.7 Å². The molecule has 1 N–H and O–H groups in total. The summed E-state index contributed by atoms with van der Waals surface area (Å²) in [5, 5.41) is 0. The Balaban J connectivity index is 2.09. The molecule has 1 atom stereocenters. The Hall–Kier alpha value is -2.95. The van der Waals surface area contributed by atoms with Crippen molar-refractivity contribution < 1.29 is 26.3 Å². The zero-order valence-corrected chi connectivity index (χ0v) is 16.0. The van der Waals surface area contributed by atoms with Crippen molar-refractivity contribution >= 4 is 26.9 Å². The molecule has 0 amide bonds. The molecule has 1 unspecified atom stereocenters. The Morgan fingerprint density at radius 3 is 2.28 bits per heavy atom. The van der Waals surface area contributed by atoms with Crippen LogP contribution in [0.5, 0.6) is 5.88 Å². The number of rotatable bonds is 7. The molecule has 7 nitrogen and oxygen atoms in total. The lowest BCUT2D eigenvalue weighted by Gasteiger charge is -2.22. The van der Waals surface area contributed by atoms with Crippen molar-refractivity contribution in [3.05, 3.63) is 54.4 Å². The van der Waals surface area contributed by atoms with Gasteiger partial charge in [0.15, 0.2) is 0 Å². The van der Waals surface area contributed by atoms with E-state index in [-0.39, 0.29) is 16.8 Å². The SMILES string of the molecule is CCCS(=O)(=O)Nc1nc2ccccc2nc1OC(c1ccncc1)C(F)(F)F. The zero-order valence-electron chi connectivity index (χ0n) is 15.2. The smallest absolute Gasteiger partial charge is 0.429 e. The summed E-state index contributed by atoms with van der Waals surface area (Å²) in [6.07, 6.45) is -4.44. The Morgan fingerprint density at radius 1 is 1.07 bits per heavy atom. The van der Waals surface area contributed by atoms with Crippen molar-refractivity contribution in [2.45, 2.75) is 25.6 Å². The first kappa shape index (κ1) is 20.8. The van der Waals surface area contributed by atoms with E-state index >= 15 is 0 Å². The first-order chi connectivity index (χ1) is 13.7. The number of aromatic nitrogens is 3. The van der Waals surface area contributed by atoms with Crippen LogP contribution in [0.3, 0.4) is 0 Å². The summed E-state index contributed by atoms with van der Waals surface area (Å²) in [5.41, 5.74) is 0.364. The number of halogens is 3. The van der Waals surface area contributed by atoms with Gasteiger partial charge in [0.05, 0.1) is 16.8 Å². The molecular formula is C18H17F3N4O3S. The number of sulfonamides is 1. The van der Waals surface area contributed by atoms with Gasteiger partial charge in [-0.2, -0.15) is 13.2 Å². The number of pyridine rings is 1. The third kappa shape index (κ3) is 5.11. The summed E-state index contributed by atoms with van der Waals surface area (Å²) in [6, 6.07) is 8.70. The molecule has 0 fully saturated rings. The Kier molecular flexibility index (Phi) is 5.87. The quantitative estimate of drug-likeness (QED) is 0.617. The summed E-state index contributed by atoms with van der Waals surface area (Å²) < 4.78 is 72.7. The number of para-hydroxylation sites is 2. The lowest BCUT2D eigenvalue weighted by molar-refractivity contribution is -0.198. The van der Waals surface area contributed by atoms with Crippen molar-refractivity contribution in [1.82, 2.24) is 15.0 Å². The van der Waals surface area contributed by atoms with Gasteiger partial charge in [-0.1, -0.05) is 19.1 Å². The molecule has 3 aromatic rings. The monoisotopic (exact) mass is 426 g/mol. The molecule has 0 saturated carbocycles. The molecule has 29 heavy (non-hydrogen) atoms. The topological polar surface area (TPSA) is 94.1 Å². The predicted molar refractivity (Wildman–Crippen MR) is 101 cm³/mol. The maximum Gasteiger partial charge on any atom is 0.429 e. The third-order valence-electron chi connectivity index (χ3n) is 3.80. The van der Waals surface area contributed by atoms with Crippen LogP contribution in [0.15, 0.2) is 48.8 Å². The molecule has 0 aliphatic heterocycles. The van der Waals surface area contributed by atoms with E-state index in [1.54, 1.807) is 25.1 Å². The fourth-order valence-electron chi connectivity index (χ4n) is 2.57. The molecule has 2 aromatic heterocycles. The van der Waals surface area contributed by atoms with Gasteiger partial charge in [-0.05, 0) is 30.7 Å². The number of benzene rings is 1. The van der Waals surface area contributed by atoms with Gasteiger partial charge in [-0.25, -0.2) is 18.4 Å². The van der Waals surface area contributed by atoms with E-state index in [1.807, 2.05) is 0 Å². The van der Waals surface area contributed by atoms with Gasteiger partial charge in [0.2, 0.25) is 21.9 Å². The van der Waals surface area contributed by atoms with Crippen molar-refractivity contribution in [2.24, 2.45) is 0 Å². The molecule has 2 heterocycles. The van der Waals surface area contributed by atoms with Crippen molar-refractivity contribution in [2.75, 3.05) is 10.5 Å². The highest BCUT2D eigenvalue weighted by Gasteiger charge is 2.44. The average molecular weight is 426 g/mol. The first-order valence-corrected chi connectivity index (χ1v) is 10.3. The molecule has 0 radical (unpaired) electrons. The van der Waals surface area contributed by atoms with E-state index in [9.17, 15) is 21.6 Å². The Labute approximate surface area is 165 Å². The lowest BCUT2D eigenvalue weighted by atomic mass is 10.1. The zero-order chi connectivity index (χ0) is 21.1. The molecule has 0 aliphatic rings. The van der Waals surface area contributed by atoms with E-state index < -0.39 is 34.0 Å². The number of nitrogens with one attached hydrogen (secondary N) is 1. The van der Waals surface area contributed by atoms with Gasteiger partial charge >= 0.3 is 6.18 Å². The van der Waals surface area contributed by atoms with Gasteiger partial charge in [0, 0.05) is 18.0 Å². The van der Waals surface area contributed by atoms with Gasteiger partial charge < -0.3 is 4.74 Å².